The molecule has 1 N–H and O–H groups in total. The number of ether oxygens (including phenoxy) is 1. The molecule has 0 bridgehead atoms. The van der Waals surface area contributed by atoms with Crippen molar-refractivity contribution in [3.8, 4) is 0 Å². The first kappa shape index (κ1) is 10.8. The quantitative estimate of drug-likeness (QED) is 0.747. The van der Waals surface area contributed by atoms with Crippen molar-refractivity contribution < 1.29 is 13.9 Å². The lowest BCUT2D eigenvalue weighted by molar-refractivity contribution is 0.0562. The number of nitrogens with one attached hydrogen (secondary N) is 1. The number of methoxy groups -OCH3 is 1. The zero-order valence-electron chi connectivity index (χ0n) is 8.66. The molecule has 0 fully saturated rings. The molecule has 1 unspecified atom stereocenters. The van der Waals surface area contributed by atoms with Crippen LogP contribution in [0.1, 0.15) is 36.2 Å². The molecule has 1 aromatic rings. The monoisotopic (exact) mass is 197 g/mol. The summed E-state index contributed by atoms with van der Waals surface area (Å²) < 4.78 is 9.85. The molecule has 0 saturated heterocycles. The molecular formula is C10H15NO3. The van der Waals surface area contributed by atoms with E-state index in [2.05, 4.69) is 10.1 Å². The predicted octanol–water partition coefficient (Wildman–Crippen LogP) is 1.74. The van der Waals surface area contributed by atoms with E-state index in [4.69, 9.17) is 4.42 Å². The fraction of sp³-hybridized carbons (Fsp3) is 0.500. The van der Waals surface area contributed by atoms with Gasteiger partial charge in [-0.3, -0.25) is 0 Å². The highest BCUT2D eigenvalue weighted by Gasteiger charge is 2.14. The number of hydrogen-bond acceptors (Lipinski definition) is 4. The van der Waals surface area contributed by atoms with Crippen molar-refractivity contribution >= 4 is 5.97 Å². The number of hydrogen-bond donors (Lipinski definition) is 1. The Morgan fingerprint density at radius 1 is 1.64 bits per heavy atom. The molecule has 0 radical (unpaired) electrons. The van der Waals surface area contributed by atoms with Gasteiger partial charge in [-0.15, -0.1) is 0 Å². The van der Waals surface area contributed by atoms with E-state index in [1.807, 2.05) is 13.8 Å². The Balaban J connectivity index is 2.72. The molecule has 0 saturated carbocycles. The second kappa shape index (κ2) is 4.81. The van der Waals surface area contributed by atoms with E-state index in [-0.39, 0.29) is 11.8 Å². The number of esters is 1. The molecule has 4 nitrogen and oxygen atoms in total. The van der Waals surface area contributed by atoms with Crippen molar-refractivity contribution in [1.29, 1.82) is 0 Å². The van der Waals surface area contributed by atoms with E-state index < -0.39 is 5.97 Å². The van der Waals surface area contributed by atoms with Crippen molar-refractivity contribution in [3.05, 3.63) is 23.7 Å². The van der Waals surface area contributed by atoms with Gasteiger partial charge in [0.2, 0.25) is 5.76 Å². The molecule has 0 aliphatic carbocycles. The van der Waals surface area contributed by atoms with Crippen LogP contribution in [-0.2, 0) is 4.74 Å². The zero-order chi connectivity index (χ0) is 10.6. The van der Waals surface area contributed by atoms with Gasteiger partial charge < -0.3 is 14.5 Å². The summed E-state index contributed by atoms with van der Waals surface area (Å²) in [6, 6.07) is 3.51. The van der Waals surface area contributed by atoms with Gasteiger partial charge in [0.25, 0.3) is 0 Å². The summed E-state index contributed by atoms with van der Waals surface area (Å²) in [7, 11) is 1.33. The standard InChI is InChI=1S/C10H15NO3/c1-4-11-7(2)8-5-6-9(14-8)10(12)13-3/h5-7,11H,4H2,1-3H3. The van der Waals surface area contributed by atoms with E-state index in [0.29, 0.717) is 0 Å². The van der Waals surface area contributed by atoms with Crippen molar-refractivity contribution in [1.82, 2.24) is 5.32 Å². The maximum atomic E-state index is 11.1. The number of carbonyl (C=O) groups excluding carboxylic acids is 1. The number of carbonyl (C=O) groups is 1. The van der Waals surface area contributed by atoms with Crippen LogP contribution in [0.2, 0.25) is 0 Å². The summed E-state index contributed by atoms with van der Waals surface area (Å²) in [5, 5.41) is 3.19. The van der Waals surface area contributed by atoms with Crippen LogP contribution in [0.15, 0.2) is 16.5 Å². The average Bonchev–Trinajstić information content (AvgIpc) is 2.66. The third-order valence-corrected chi connectivity index (χ3v) is 1.95. The lowest BCUT2D eigenvalue weighted by atomic mass is 10.2. The molecule has 78 valence electrons. The van der Waals surface area contributed by atoms with Crippen LogP contribution in [0.4, 0.5) is 0 Å². The minimum absolute atomic E-state index is 0.110. The Bertz CT molecular complexity index is 306. The summed E-state index contributed by atoms with van der Waals surface area (Å²) >= 11 is 0. The molecule has 0 aliphatic heterocycles. The van der Waals surface area contributed by atoms with Crippen LogP contribution >= 0.6 is 0 Å². The normalized spacial score (nSPS) is 12.5. The summed E-state index contributed by atoms with van der Waals surface area (Å²) in [4.78, 5) is 11.1. The number of rotatable bonds is 4. The molecule has 1 heterocycles. The van der Waals surface area contributed by atoms with E-state index >= 15 is 0 Å². The summed E-state index contributed by atoms with van der Waals surface area (Å²) in [6.07, 6.45) is 0. The molecule has 14 heavy (non-hydrogen) atoms. The topological polar surface area (TPSA) is 51.5 Å². The second-order valence-electron chi connectivity index (χ2n) is 2.97. The molecular weight excluding hydrogens is 182 g/mol. The Hall–Kier alpha value is -1.29. The van der Waals surface area contributed by atoms with Gasteiger partial charge in [0.15, 0.2) is 0 Å². The number of furan rings is 1. The van der Waals surface area contributed by atoms with Crippen LogP contribution in [-0.4, -0.2) is 19.6 Å². The van der Waals surface area contributed by atoms with Crippen LogP contribution in [0, 0.1) is 0 Å². The van der Waals surface area contributed by atoms with Gasteiger partial charge in [-0.1, -0.05) is 6.92 Å². The van der Waals surface area contributed by atoms with Crippen molar-refractivity contribution in [2.45, 2.75) is 19.9 Å². The first-order chi connectivity index (χ1) is 6.69. The fourth-order valence-corrected chi connectivity index (χ4v) is 1.20. The second-order valence-corrected chi connectivity index (χ2v) is 2.97. The van der Waals surface area contributed by atoms with E-state index in [0.717, 1.165) is 12.3 Å². The van der Waals surface area contributed by atoms with Gasteiger partial charge in [-0.2, -0.15) is 0 Å². The third-order valence-electron chi connectivity index (χ3n) is 1.95. The molecule has 0 aromatic carbocycles. The van der Waals surface area contributed by atoms with Gasteiger partial charge >= 0.3 is 5.97 Å². The maximum Gasteiger partial charge on any atom is 0.373 e. The highest BCUT2D eigenvalue weighted by molar-refractivity contribution is 5.86. The smallest absolute Gasteiger partial charge is 0.373 e. The molecule has 1 rings (SSSR count). The average molecular weight is 197 g/mol. The minimum atomic E-state index is -0.444. The molecule has 1 aromatic heterocycles. The van der Waals surface area contributed by atoms with Crippen molar-refractivity contribution in [2.75, 3.05) is 13.7 Å². The summed E-state index contributed by atoms with van der Waals surface area (Å²) in [6.45, 7) is 4.85. The molecule has 0 aliphatic rings. The van der Waals surface area contributed by atoms with Gasteiger partial charge in [0.1, 0.15) is 5.76 Å². The van der Waals surface area contributed by atoms with Gasteiger partial charge in [0, 0.05) is 0 Å². The predicted molar refractivity (Wildman–Crippen MR) is 52.1 cm³/mol. The SMILES string of the molecule is CCNC(C)c1ccc(C(=O)OC)o1. The summed E-state index contributed by atoms with van der Waals surface area (Å²) in [5.41, 5.74) is 0. The van der Waals surface area contributed by atoms with Crippen LogP contribution in [0.5, 0.6) is 0 Å². The molecule has 1 atom stereocenters. The molecule has 0 amide bonds. The highest BCUT2D eigenvalue weighted by Crippen LogP contribution is 2.16. The van der Waals surface area contributed by atoms with Crippen LogP contribution in [0.25, 0.3) is 0 Å². The first-order valence-electron chi connectivity index (χ1n) is 4.60. The van der Waals surface area contributed by atoms with E-state index in [9.17, 15) is 4.79 Å². The first-order valence-corrected chi connectivity index (χ1v) is 4.60. The summed E-state index contributed by atoms with van der Waals surface area (Å²) in [5.74, 6) is 0.541. The van der Waals surface area contributed by atoms with Gasteiger partial charge in [-0.05, 0) is 25.6 Å². The Morgan fingerprint density at radius 3 is 2.93 bits per heavy atom. The van der Waals surface area contributed by atoms with Gasteiger partial charge in [0.05, 0.1) is 13.2 Å². The Labute approximate surface area is 83.2 Å². The third kappa shape index (κ3) is 2.35. The van der Waals surface area contributed by atoms with Crippen LogP contribution < -0.4 is 5.32 Å². The van der Waals surface area contributed by atoms with Gasteiger partial charge in [-0.25, -0.2) is 4.79 Å². The maximum absolute atomic E-state index is 11.1. The van der Waals surface area contributed by atoms with Crippen LogP contribution in [0.3, 0.4) is 0 Å². The molecule has 0 spiro atoms. The fourth-order valence-electron chi connectivity index (χ4n) is 1.20. The Morgan fingerprint density at radius 2 is 2.36 bits per heavy atom. The van der Waals surface area contributed by atoms with Crippen molar-refractivity contribution in [2.24, 2.45) is 0 Å². The largest absolute Gasteiger partial charge is 0.463 e. The molecule has 4 heteroatoms. The van der Waals surface area contributed by atoms with Crippen molar-refractivity contribution in [3.63, 3.8) is 0 Å². The Kier molecular flexibility index (Phi) is 3.71. The lowest BCUT2D eigenvalue weighted by Gasteiger charge is -2.07. The van der Waals surface area contributed by atoms with E-state index in [1.165, 1.54) is 7.11 Å². The zero-order valence-corrected chi connectivity index (χ0v) is 8.66. The minimum Gasteiger partial charge on any atom is -0.463 e. The van der Waals surface area contributed by atoms with E-state index in [1.54, 1.807) is 12.1 Å². The lowest BCUT2D eigenvalue weighted by Crippen LogP contribution is -2.17. The highest BCUT2D eigenvalue weighted by atomic mass is 16.5.